The van der Waals surface area contributed by atoms with Gasteiger partial charge in [-0.1, -0.05) is 17.7 Å². The summed E-state index contributed by atoms with van der Waals surface area (Å²) >= 11 is 11.3. The molecular formula is C12H13ClN2S. The predicted molar refractivity (Wildman–Crippen MR) is 71.7 cm³/mol. The maximum absolute atomic E-state index is 6.00. The Bertz CT molecular complexity index is 582. The Hall–Kier alpha value is -1.06. The van der Waals surface area contributed by atoms with Crippen LogP contribution in [0.5, 0.6) is 0 Å². The molecule has 0 spiro atoms. The second kappa shape index (κ2) is 4.44. The molecular weight excluding hydrogens is 240 g/mol. The molecule has 1 unspecified atom stereocenters. The molecule has 0 radical (unpaired) electrons. The van der Waals surface area contributed by atoms with E-state index in [4.69, 9.17) is 23.8 Å². The van der Waals surface area contributed by atoms with Gasteiger partial charge in [-0.3, -0.25) is 0 Å². The van der Waals surface area contributed by atoms with Crippen molar-refractivity contribution in [2.45, 2.75) is 19.4 Å². The summed E-state index contributed by atoms with van der Waals surface area (Å²) in [5, 5.41) is 0.723. The van der Waals surface area contributed by atoms with E-state index in [0.717, 1.165) is 27.2 Å². The number of benzene rings is 1. The molecule has 0 bridgehead atoms. The number of fused-ring (bicyclic) bond motifs is 1. The Kier molecular flexibility index (Phi) is 3.17. The Morgan fingerprint density at radius 3 is 3.06 bits per heavy atom. The van der Waals surface area contributed by atoms with E-state index < -0.39 is 0 Å². The molecule has 2 aromatic rings. The fourth-order valence-corrected chi connectivity index (χ4v) is 2.43. The second-order valence-electron chi connectivity index (χ2n) is 3.84. The quantitative estimate of drug-likeness (QED) is 0.631. The van der Waals surface area contributed by atoms with Gasteiger partial charge in [-0.2, -0.15) is 0 Å². The molecule has 4 heteroatoms. The van der Waals surface area contributed by atoms with Crippen LogP contribution >= 0.6 is 23.8 Å². The van der Waals surface area contributed by atoms with E-state index in [2.05, 4.69) is 23.1 Å². The number of halogens is 1. The number of nitrogens with zero attached hydrogens (tertiary/aromatic N) is 1. The van der Waals surface area contributed by atoms with E-state index in [1.54, 1.807) is 0 Å². The standard InChI is InChI=1S/C12H13ClN2S/c1-3-4-8(2)15-11-7-9(13)5-6-10(11)14-12(15)16/h3,5-8H,1,4H2,2H3,(H,14,16). The van der Waals surface area contributed by atoms with Crippen LogP contribution < -0.4 is 0 Å². The first-order chi connectivity index (χ1) is 7.63. The van der Waals surface area contributed by atoms with Gasteiger partial charge in [-0.25, -0.2) is 0 Å². The van der Waals surface area contributed by atoms with E-state index >= 15 is 0 Å². The molecule has 0 fully saturated rings. The van der Waals surface area contributed by atoms with Gasteiger partial charge in [0.1, 0.15) is 0 Å². The van der Waals surface area contributed by atoms with Gasteiger partial charge in [0.05, 0.1) is 11.0 Å². The van der Waals surface area contributed by atoms with Crippen molar-refractivity contribution >= 4 is 34.9 Å². The number of nitrogens with one attached hydrogen (secondary N) is 1. The predicted octanol–water partition coefficient (Wildman–Crippen LogP) is 4.49. The van der Waals surface area contributed by atoms with Crippen molar-refractivity contribution in [3.05, 3.63) is 40.6 Å². The average Bonchev–Trinajstić information content (AvgIpc) is 2.53. The first-order valence-corrected chi connectivity index (χ1v) is 5.92. The highest BCUT2D eigenvalue weighted by Gasteiger charge is 2.09. The van der Waals surface area contributed by atoms with Crippen molar-refractivity contribution in [2.24, 2.45) is 0 Å². The van der Waals surface area contributed by atoms with Crippen molar-refractivity contribution < 1.29 is 0 Å². The number of hydrogen-bond acceptors (Lipinski definition) is 1. The molecule has 1 aromatic carbocycles. The van der Waals surface area contributed by atoms with Gasteiger partial charge in [0.15, 0.2) is 4.77 Å². The molecule has 2 rings (SSSR count). The summed E-state index contributed by atoms with van der Waals surface area (Å²) in [5.41, 5.74) is 2.07. The minimum absolute atomic E-state index is 0.289. The lowest BCUT2D eigenvalue weighted by Gasteiger charge is -2.12. The van der Waals surface area contributed by atoms with Crippen LogP contribution in [0.15, 0.2) is 30.9 Å². The number of rotatable bonds is 3. The normalized spacial score (nSPS) is 12.9. The molecule has 16 heavy (non-hydrogen) atoms. The first-order valence-electron chi connectivity index (χ1n) is 5.14. The number of H-pyrrole nitrogens is 1. The summed E-state index contributed by atoms with van der Waals surface area (Å²) in [6, 6.07) is 6.03. The van der Waals surface area contributed by atoms with Crippen LogP contribution in [0.2, 0.25) is 5.02 Å². The lowest BCUT2D eigenvalue weighted by molar-refractivity contribution is 0.564. The smallest absolute Gasteiger partial charge is 0.178 e. The molecule has 2 nitrogen and oxygen atoms in total. The monoisotopic (exact) mass is 252 g/mol. The maximum atomic E-state index is 6.00. The topological polar surface area (TPSA) is 20.7 Å². The fraction of sp³-hybridized carbons (Fsp3) is 0.250. The minimum atomic E-state index is 0.289. The van der Waals surface area contributed by atoms with Gasteiger partial charge in [0.25, 0.3) is 0 Å². The molecule has 0 aliphatic heterocycles. The van der Waals surface area contributed by atoms with Crippen LogP contribution in [0.1, 0.15) is 19.4 Å². The number of aromatic amines is 1. The van der Waals surface area contributed by atoms with E-state index in [1.165, 1.54) is 0 Å². The van der Waals surface area contributed by atoms with Gasteiger partial charge in [0.2, 0.25) is 0 Å². The highest BCUT2D eigenvalue weighted by Crippen LogP contribution is 2.24. The van der Waals surface area contributed by atoms with Crippen molar-refractivity contribution in [1.29, 1.82) is 0 Å². The molecule has 1 aromatic heterocycles. The Balaban J connectivity index is 2.67. The van der Waals surface area contributed by atoms with Crippen LogP contribution in [0.25, 0.3) is 11.0 Å². The van der Waals surface area contributed by atoms with Gasteiger partial charge in [0, 0.05) is 11.1 Å². The largest absolute Gasteiger partial charge is 0.331 e. The summed E-state index contributed by atoms with van der Waals surface area (Å²) < 4.78 is 2.81. The first kappa shape index (κ1) is 11.4. The second-order valence-corrected chi connectivity index (χ2v) is 4.66. The van der Waals surface area contributed by atoms with E-state index in [-0.39, 0.29) is 6.04 Å². The van der Waals surface area contributed by atoms with Gasteiger partial charge in [-0.05, 0) is 43.8 Å². The third-order valence-electron chi connectivity index (χ3n) is 2.63. The van der Waals surface area contributed by atoms with Crippen molar-refractivity contribution in [3.8, 4) is 0 Å². The molecule has 0 saturated heterocycles. The number of allylic oxidation sites excluding steroid dienone is 1. The SMILES string of the molecule is C=CCC(C)n1c(=S)[nH]c2ccc(Cl)cc21. The highest BCUT2D eigenvalue weighted by molar-refractivity contribution is 7.71. The summed E-state index contributed by atoms with van der Waals surface area (Å²) in [7, 11) is 0. The van der Waals surface area contributed by atoms with Gasteiger partial charge >= 0.3 is 0 Å². The third-order valence-corrected chi connectivity index (χ3v) is 3.16. The van der Waals surface area contributed by atoms with Crippen molar-refractivity contribution in [3.63, 3.8) is 0 Å². The molecule has 1 atom stereocenters. The van der Waals surface area contributed by atoms with Crippen LogP contribution in [0.3, 0.4) is 0 Å². The van der Waals surface area contributed by atoms with E-state index in [0.29, 0.717) is 0 Å². The summed E-state index contributed by atoms with van der Waals surface area (Å²) in [6.07, 6.45) is 2.78. The molecule has 0 saturated carbocycles. The average molecular weight is 253 g/mol. The fourth-order valence-electron chi connectivity index (χ4n) is 1.88. The number of aromatic nitrogens is 2. The Morgan fingerprint density at radius 1 is 1.62 bits per heavy atom. The van der Waals surface area contributed by atoms with Crippen LogP contribution in [-0.2, 0) is 0 Å². The molecule has 0 aliphatic rings. The van der Waals surface area contributed by atoms with E-state index in [1.807, 2.05) is 24.3 Å². The zero-order valence-corrected chi connectivity index (χ0v) is 10.6. The third kappa shape index (κ3) is 1.93. The Morgan fingerprint density at radius 2 is 2.38 bits per heavy atom. The lowest BCUT2D eigenvalue weighted by Crippen LogP contribution is -2.03. The number of hydrogen-bond donors (Lipinski definition) is 1. The molecule has 0 aliphatic carbocycles. The summed E-state index contributed by atoms with van der Waals surface area (Å²) in [4.78, 5) is 3.18. The van der Waals surface area contributed by atoms with E-state index in [9.17, 15) is 0 Å². The molecule has 0 amide bonds. The zero-order valence-electron chi connectivity index (χ0n) is 9.03. The van der Waals surface area contributed by atoms with Gasteiger partial charge < -0.3 is 9.55 Å². The maximum Gasteiger partial charge on any atom is 0.178 e. The zero-order chi connectivity index (χ0) is 11.7. The summed E-state index contributed by atoms with van der Waals surface area (Å²) in [5.74, 6) is 0. The lowest BCUT2D eigenvalue weighted by atomic mass is 10.2. The van der Waals surface area contributed by atoms with Crippen molar-refractivity contribution in [1.82, 2.24) is 9.55 Å². The minimum Gasteiger partial charge on any atom is -0.331 e. The molecule has 84 valence electrons. The van der Waals surface area contributed by atoms with Crippen molar-refractivity contribution in [2.75, 3.05) is 0 Å². The Labute approximate surface area is 105 Å². The van der Waals surface area contributed by atoms with Crippen LogP contribution in [-0.4, -0.2) is 9.55 Å². The van der Waals surface area contributed by atoms with Crippen LogP contribution in [0.4, 0.5) is 0 Å². The summed E-state index contributed by atoms with van der Waals surface area (Å²) in [6.45, 7) is 5.87. The molecule has 1 N–H and O–H groups in total. The number of imidazole rings is 1. The van der Waals surface area contributed by atoms with Crippen LogP contribution in [0, 0.1) is 4.77 Å². The highest BCUT2D eigenvalue weighted by atomic mass is 35.5. The molecule has 1 heterocycles. The van der Waals surface area contributed by atoms with Gasteiger partial charge in [-0.15, -0.1) is 6.58 Å².